The van der Waals surface area contributed by atoms with Crippen molar-refractivity contribution >= 4 is 12.0 Å². The maximum atomic E-state index is 11.9. The smallest absolute Gasteiger partial charge is 0.331 e. The Morgan fingerprint density at radius 3 is 2.18 bits per heavy atom. The van der Waals surface area contributed by atoms with Gasteiger partial charge in [-0.15, -0.1) is 0 Å². The molecular weight excluding hydrogens is 352 g/mol. The molecule has 0 saturated heterocycles. The zero-order valence-corrected chi connectivity index (χ0v) is 17.9. The van der Waals surface area contributed by atoms with Gasteiger partial charge in [-0.05, 0) is 70.4 Å². The molecule has 4 heteroatoms. The minimum Gasteiger partial charge on any atom is -0.493 e. The van der Waals surface area contributed by atoms with Crippen LogP contribution in [0.1, 0.15) is 46.1 Å². The van der Waals surface area contributed by atoms with Gasteiger partial charge in [-0.3, -0.25) is 0 Å². The monoisotopic (exact) mass is 384 g/mol. The highest BCUT2D eigenvalue weighted by molar-refractivity contribution is 5.87. The fourth-order valence-corrected chi connectivity index (χ4v) is 2.30. The summed E-state index contributed by atoms with van der Waals surface area (Å²) in [7, 11) is 3.16. The molecule has 0 unspecified atom stereocenters. The van der Waals surface area contributed by atoms with E-state index in [1.165, 1.54) is 22.8 Å². The van der Waals surface area contributed by atoms with Gasteiger partial charge in [0, 0.05) is 6.08 Å². The van der Waals surface area contributed by atoms with Crippen LogP contribution in [0.15, 0.2) is 59.2 Å². The van der Waals surface area contributed by atoms with E-state index in [-0.39, 0.29) is 12.6 Å². The van der Waals surface area contributed by atoms with E-state index in [0.29, 0.717) is 11.5 Å². The number of carbonyl (C=O) groups excluding carboxylic acids is 1. The topological polar surface area (TPSA) is 44.8 Å². The summed E-state index contributed by atoms with van der Waals surface area (Å²) < 4.78 is 15.7. The second kappa shape index (κ2) is 12.6. The number of ether oxygens (including phenoxy) is 3. The van der Waals surface area contributed by atoms with E-state index >= 15 is 0 Å². The number of hydrogen-bond donors (Lipinski definition) is 0. The van der Waals surface area contributed by atoms with Gasteiger partial charge in [-0.1, -0.05) is 34.9 Å². The highest BCUT2D eigenvalue weighted by Crippen LogP contribution is 2.27. The molecule has 0 atom stereocenters. The summed E-state index contributed by atoms with van der Waals surface area (Å²) in [6, 6.07) is 5.44. The molecule has 0 aromatic heterocycles. The zero-order chi connectivity index (χ0) is 20.9. The van der Waals surface area contributed by atoms with E-state index in [1.807, 2.05) is 19.1 Å². The van der Waals surface area contributed by atoms with Crippen LogP contribution in [0.3, 0.4) is 0 Å². The predicted octanol–water partition coefficient (Wildman–Crippen LogP) is 5.90. The lowest BCUT2D eigenvalue weighted by Crippen LogP contribution is -2.00. The van der Waals surface area contributed by atoms with Crippen LogP contribution in [0.25, 0.3) is 6.08 Å². The third-order valence-electron chi connectivity index (χ3n) is 4.08. The molecular formula is C24H32O4. The second-order valence-electron chi connectivity index (χ2n) is 6.87. The van der Waals surface area contributed by atoms with Gasteiger partial charge in [-0.25, -0.2) is 4.79 Å². The Labute approximate surface area is 169 Å². The van der Waals surface area contributed by atoms with Crippen molar-refractivity contribution in [3.05, 3.63) is 64.8 Å². The largest absolute Gasteiger partial charge is 0.493 e. The molecule has 0 saturated carbocycles. The predicted molar refractivity (Wildman–Crippen MR) is 116 cm³/mol. The molecule has 0 N–H and O–H groups in total. The fraction of sp³-hybridized carbons (Fsp3) is 0.375. The van der Waals surface area contributed by atoms with Crippen LogP contribution >= 0.6 is 0 Å². The van der Waals surface area contributed by atoms with Crippen LogP contribution in [0.5, 0.6) is 11.5 Å². The van der Waals surface area contributed by atoms with Gasteiger partial charge in [-0.2, -0.15) is 0 Å². The number of hydrogen-bond acceptors (Lipinski definition) is 4. The second-order valence-corrected chi connectivity index (χ2v) is 6.87. The van der Waals surface area contributed by atoms with E-state index in [4.69, 9.17) is 14.2 Å². The first-order valence-electron chi connectivity index (χ1n) is 9.37. The van der Waals surface area contributed by atoms with E-state index < -0.39 is 0 Å². The van der Waals surface area contributed by atoms with Crippen molar-refractivity contribution in [2.24, 2.45) is 0 Å². The molecule has 28 heavy (non-hydrogen) atoms. The van der Waals surface area contributed by atoms with Crippen LogP contribution in [-0.2, 0) is 9.53 Å². The van der Waals surface area contributed by atoms with E-state index in [0.717, 1.165) is 18.4 Å². The standard InChI is InChI=1S/C24H32O4/c1-18(2)7-8-19(3)9-10-20(4)15-16-28-24(25)14-12-21-11-13-22(26-5)23(17-21)27-6/h7,9,11-15,17H,8,10,16H2,1-6H3. The third-order valence-corrected chi connectivity index (χ3v) is 4.08. The maximum absolute atomic E-state index is 11.9. The number of esters is 1. The summed E-state index contributed by atoms with van der Waals surface area (Å²) in [5, 5.41) is 0. The van der Waals surface area contributed by atoms with Crippen molar-refractivity contribution in [3.63, 3.8) is 0 Å². The Balaban J connectivity index is 2.49. The van der Waals surface area contributed by atoms with Crippen LogP contribution in [-0.4, -0.2) is 26.8 Å². The Hall–Kier alpha value is -2.75. The van der Waals surface area contributed by atoms with Crippen molar-refractivity contribution in [1.29, 1.82) is 0 Å². The Kier molecular flexibility index (Phi) is 10.5. The minimum absolute atomic E-state index is 0.266. The summed E-state index contributed by atoms with van der Waals surface area (Å²) in [6.45, 7) is 8.64. The lowest BCUT2D eigenvalue weighted by molar-refractivity contribution is -0.136. The zero-order valence-electron chi connectivity index (χ0n) is 17.9. The molecule has 0 aliphatic rings. The lowest BCUT2D eigenvalue weighted by atomic mass is 10.1. The van der Waals surface area contributed by atoms with Gasteiger partial charge in [0.15, 0.2) is 11.5 Å². The normalized spacial score (nSPS) is 12.1. The van der Waals surface area contributed by atoms with Gasteiger partial charge < -0.3 is 14.2 Å². The lowest BCUT2D eigenvalue weighted by Gasteiger charge is -2.07. The molecule has 4 nitrogen and oxygen atoms in total. The molecule has 0 radical (unpaired) electrons. The summed E-state index contributed by atoms with van der Waals surface area (Å²) in [5.41, 5.74) is 4.67. The van der Waals surface area contributed by atoms with Crippen molar-refractivity contribution in [1.82, 2.24) is 0 Å². The van der Waals surface area contributed by atoms with Gasteiger partial charge >= 0.3 is 5.97 Å². The Morgan fingerprint density at radius 1 is 0.893 bits per heavy atom. The molecule has 0 spiro atoms. The first-order valence-corrected chi connectivity index (χ1v) is 9.37. The number of benzene rings is 1. The molecule has 0 amide bonds. The van der Waals surface area contributed by atoms with Gasteiger partial charge in [0.05, 0.1) is 14.2 Å². The summed E-state index contributed by atoms with van der Waals surface area (Å²) in [5.74, 6) is 0.881. The van der Waals surface area contributed by atoms with Crippen molar-refractivity contribution in [2.45, 2.75) is 40.5 Å². The van der Waals surface area contributed by atoms with E-state index in [9.17, 15) is 4.79 Å². The SMILES string of the molecule is COc1ccc(C=CC(=O)OCC=C(C)CC=C(C)CC=C(C)C)cc1OC. The first kappa shape index (κ1) is 23.3. The minimum atomic E-state index is -0.380. The number of carbonyl (C=O) groups is 1. The maximum Gasteiger partial charge on any atom is 0.331 e. The molecule has 0 aliphatic heterocycles. The van der Waals surface area contributed by atoms with Crippen LogP contribution < -0.4 is 9.47 Å². The van der Waals surface area contributed by atoms with Crippen molar-refractivity contribution in [2.75, 3.05) is 20.8 Å². The number of methoxy groups -OCH3 is 2. The van der Waals surface area contributed by atoms with Crippen LogP contribution in [0.2, 0.25) is 0 Å². The Morgan fingerprint density at radius 2 is 1.54 bits per heavy atom. The average molecular weight is 385 g/mol. The fourth-order valence-electron chi connectivity index (χ4n) is 2.30. The van der Waals surface area contributed by atoms with Gasteiger partial charge in [0.2, 0.25) is 0 Å². The molecule has 0 bridgehead atoms. The number of rotatable bonds is 10. The molecule has 1 aromatic rings. The number of allylic oxidation sites excluding steroid dienone is 5. The van der Waals surface area contributed by atoms with Crippen LogP contribution in [0, 0.1) is 0 Å². The quantitative estimate of drug-likeness (QED) is 0.286. The first-order chi connectivity index (χ1) is 13.3. The highest BCUT2D eigenvalue weighted by atomic mass is 16.5. The molecule has 0 fully saturated rings. The third kappa shape index (κ3) is 9.26. The molecule has 0 aliphatic carbocycles. The van der Waals surface area contributed by atoms with Crippen molar-refractivity contribution < 1.29 is 19.0 Å². The Bertz CT molecular complexity index is 763. The molecule has 0 heterocycles. The summed E-state index contributed by atoms with van der Waals surface area (Å²) in [4.78, 5) is 11.9. The summed E-state index contributed by atoms with van der Waals surface area (Å²) in [6.07, 6.45) is 11.3. The molecule has 152 valence electrons. The van der Waals surface area contributed by atoms with E-state index in [1.54, 1.807) is 32.4 Å². The highest BCUT2D eigenvalue weighted by Gasteiger charge is 2.03. The average Bonchev–Trinajstić information content (AvgIpc) is 2.68. The van der Waals surface area contributed by atoms with E-state index in [2.05, 4.69) is 32.9 Å². The van der Waals surface area contributed by atoms with Crippen molar-refractivity contribution in [3.8, 4) is 11.5 Å². The van der Waals surface area contributed by atoms with Gasteiger partial charge in [0.25, 0.3) is 0 Å². The molecule has 1 rings (SSSR count). The van der Waals surface area contributed by atoms with Crippen LogP contribution in [0.4, 0.5) is 0 Å². The molecule has 1 aromatic carbocycles. The van der Waals surface area contributed by atoms with Gasteiger partial charge in [0.1, 0.15) is 6.61 Å². The summed E-state index contributed by atoms with van der Waals surface area (Å²) >= 11 is 0.